The first-order valence-electron chi connectivity index (χ1n) is 7.88. The third-order valence-electron chi connectivity index (χ3n) is 3.29. The molecule has 7 heteroatoms. The molecule has 0 saturated heterocycles. The number of esters is 1. The van der Waals surface area contributed by atoms with Crippen LogP contribution in [0.25, 0.3) is 5.95 Å². The van der Waals surface area contributed by atoms with Gasteiger partial charge in [0.25, 0.3) is 5.95 Å². The van der Waals surface area contributed by atoms with Gasteiger partial charge in [0.05, 0.1) is 12.3 Å². The highest BCUT2D eigenvalue weighted by Gasteiger charge is 2.17. The van der Waals surface area contributed by atoms with Crippen LogP contribution in [0.15, 0.2) is 12.3 Å². The van der Waals surface area contributed by atoms with Crippen molar-refractivity contribution in [3.05, 3.63) is 29.2 Å². The van der Waals surface area contributed by atoms with Gasteiger partial charge in [-0.05, 0) is 33.3 Å². The van der Waals surface area contributed by atoms with E-state index < -0.39 is 5.97 Å². The Morgan fingerprint density at radius 1 is 1.35 bits per heavy atom. The standard InChI is InChI=1S/C16H23N5O2/c1-5-7-8-17-14-13(15(22)23-6-2)10-18-16(19-14)21-12(4)9-11(3)20-21/h9-10H,5-8H2,1-4H3,(H,17,18,19). The van der Waals surface area contributed by atoms with Crippen molar-refractivity contribution < 1.29 is 9.53 Å². The molecule has 0 atom stereocenters. The van der Waals surface area contributed by atoms with Crippen LogP contribution in [0.1, 0.15) is 48.4 Å². The zero-order valence-electron chi connectivity index (χ0n) is 14.1. The lowest BCUT2D eigenvalue weighted by Gasteiger charge is -2.11. The zero-order chi connectivity index (χ0) is 16.8. The van der Waals surface area contributed by atoms with Gasteiger partial charge in [-0.2, -0.15) is 10.1 Å². The fraction of sp³-hybridized carbons (Fsp3) is 0.500. The molecule has 0 aliphatic rings. The van der Waals surface area contributed by atoms with Crippen LogP contribution in [-0.2, 0) is 4.74 Å². The molecule has 2 aromatic heterocycles. The van der Waals surface area contributed by atoms with E-state index in [-0.39, 0.29) is 0 Å². The Morgan fingerprint density at radius 3 is 2.74 bits per heavy atom. The smallest absolute Gasteiger partial charge is 0.343 e. The van der Waals surface area contributed by atoms with Gasteiger partial charge in [-0.15, -0.1) is 0 Å². The Hall–Kier alpha value is -2.44. The van der Waals surface area contributed by atoms with Crippen molar-refractivity contribution in [2.45, 2.75) is 40.5 Å². The topological polar surface area (TPSA) is 81.9 Å². The van der Waals surface area contributed by atoms with Crippen LogP contribution in [-0.4, -0.2) is 38.9 Å². The van der Waals surface area contributed by atoms with E-state index in [0.29, 0.717) is 23.9 Å². The number of hydrogen-bond donors (Lipinski definition) is 1. The quantitative estimate of drug-likeness (QED) is 0.624. The fourth-order valence-electron chi connectivity index (χ4n) is 2.18. The van der Waals surface area contributed by atoms with Gasteiger partial charge in [-0.1, -0.05) is 13.3 Å². The fourth-order valence-corrected chi connectivity index (χ4v) is 2.18. The second-order valence-electron chi connectivity index (χ2n) is 5.27. The van der Waals surface area contributed by atoms with E-state index in [1.54, 1.807) is 11.6 Å². The second-order valence-corrected chi connectivity index (χ2v) is 5.27. The summed E-state index contributed by atoms with van der Waals surface area (Å²) < 4.78 is 6.73. The number of rotatable bonds is 7. The molecule has 1 N–H and O–H groups in total. The summed E-state index contributed by atoms with van der Waals surface area (Å²) in [5.41, 5.74) is 2.17. The largest absolute Gasteiger partial charge is 0.462 e. The number of ether oxygens (including phenoxy) is 1. The number of aryl methyl sites for hydroxylation is 2. The van der Waals surface area contributed by atoms with Gasteiger partial charge in [0.2, 0.25) is 0 Å². The molecule has 0 aliphatic heterocycles. The molecule has 23 heavy (non-hydrogen) atoms. The van der Waals surface area contributed by atoms with E-state index in [1.165, 1.54) is 6.20 Å². The van der Waals surface area contributed by atoms with Crippen molar-refractivity contribution in [1.82, 2.24) is 19.7 Å². The molecule has 0 radical (unpaired) electrons. The van der Waals surface area contributed by atoms with Crippen molar-refractivity contribution in [3.8, 4) is 5.95 Å². The first-order valence-corrected chi connectivity index (χ1v) is 7.88. The Balaban J connectivity index is 2.37. The monoisotopic (exact) mass is 317 g/mol. The van der Waals surface area contributed by atoms with Gasteiger partial charge in [-0.3, -0.25) is 0 Å². The highest BCUT2D eigenvalue weighted by Crippen LogP contribution is 2.16. The van der Waals surface area contributed by atoms with Crippen molar-refractivity contribution in [2.24, 2.45) is 0 Å². The summed E-state index contributed by atoms with van der Waals surface area (Å²) in [5.74, 6) is 0.489. The van der Waals surface area contributed by atoms with Gasteiger partial charge in [0.1, 0.15) is 11.4 Å². The van der Waals surface area contributed by atoms with E-state index >= 15 is 0 Å². The molecule has 0 aromatic carbocycles. The molecule has 0 spiro atoms. The average Bonchev–Trinajstić information content (AvgIpc) is 2.86. The Kier molecular flexibility index (Phi) is 5.67. The normalized spacial score (nSPS) is 10.6. The first kappa shape index (κ1) is 16.9. The molecule has 0 aliphatic carbocycles. The number of unbranched alkanes of at least 4 members (excludes halogenated alkanes) is 1. The van der Waals surface area contributed by atoms with E-state index in [4.69, 9.17) is 4.74 Å². The average molecular weight is 317 g/mol. The SMILES string of the molecule is CCCCNc1nc(-n2nc(C)cc2C)ncc1C(=O)OCC. The maximum absolute atomic E-state index is 12.1. The van der Waals surface area contributed by atoms with Crippen LogP contribution in [0.3, 0.4) is 0 Å². The number of nitrogens with zero attached hydrogens (tertiary/aromatic N) is 4. The van der Waals surface area contributed by atoms with E-state index in [1.807, 2.05) is 19.9 Å². The lowest BCUT2D eigenvalue weighted by atomic mass is 10.3. The van der Waals surface area contributed by atoms with Gasteiger partial charge in [0.15, 0.2) is 0 Å². The van der Waals surface area contributed by atoms with E-state index in [0.717, 1.165) is 30.8 Å². The predicted octanol–water partition coefficient (Wildman–Crippen LogP) is 2.67. The minimum Gasteiger partial charge on any atom is -0.462 e. The molecule has 0 fully saturated rings. The molecule has 2 rings (SSSR count). The van der Waals surface area contributed by atoms with Crippen molar-refractivity contribution in [2.75, 3.05) is 18.5 Å². The highest BCUT2D eigenvalue weighted by molar-refractivity contribution is 5.94. The highest BCUT2D eigenvalue weighted by atomic mass is 16.5. The summed E-state index contributed by atoms with van der Waals surface area (Å²) in [6.45, 7) is 8.77. The Morgan fingerprint density at radius 2 is 2.13 bits per heavy atom. The minimum absolute atomic E-state index is 0.312. The van der Waals surface area contributed by atoms with Gasteiger partial charge < -0.3 is 10.1 Å². The zero-order valence-corrected chi connectivity index (χ0v) is 14.1. The van der Waals surface area contributed by atoms with Crippen LogP contribution < -0.4 is 5.32 Å². The van der Waals surface area contributed by atoms with Crippen LogP contribution in [0.4, 0.5) is 5.82 Å². The van der Waals surface area contributed by atoms with Crippen molar-refractivity contribution in [3.63, 3.8) is 0 Å². The van der Waals surface area contributed by atoms with Crippen LogP contribution >= 0.6 is 0 Å². The lowest BCUT2D eigenvalue weighted by Crippen LogP contribution is -2.15. The van der Waals surface area contributed by atoms with Crippen molar-refractivity contribution >= 4 is 11.8 Å². The molecular formula is C16H23N5O2. The summed E-state index contributed by atoms with van der Waals surface area (Å²) >= 11 is 0. The number of hydrogen-bond acceptors (Lipinski definition) is 6. The molecule has 0 saturated carbocycles. The summed E-state index contributed by atoms with van der Waals surface area (Å²) in [5, 5.41) is 7.57. The predicted molar refractivity (Wildman–Crippen MR) is 88.0 cm³/mol. The van der Waals surface area contributed by atoms with Crippen LogP contribution in [0.2, 0.25) is 0 Å². The number of nitrogens with one attached hydrogen (secondary N) is 1. The lowest BCUT2D eigenvalue weighted by molar-refractivity contribution is 0.0526. The number of carbonyl (C=O) groups excluding carboxylic acids is 1. The van der Waals surface area contributed by atoms with E-state index in [9.17, 15) is 4.79 Å². The maximum Gasteiger partial charge on any atom is 0.343 e. The molecule has 0 amide bonds. The molecule has 0 unspecified atom stereocenters. The minimum atomic E-state index is -0.425. The molecule has 124 valence electrons. The summed E-state index contributed by atoms with van der Waals surface area (Å²) in [4.78, 5) is 20.8. The van der Waals surface area contributed by atoms with Crippen LogP contribution in [0.5, 0.6) is 0 Å². The molecule has 7 nitrogen and oxygen atoms in total. The summed E-state index contributed by atoms with van der Waals surface area (Å²) in [7, 11) is 0. The maximum atomic E-state index is 12.1. The molecular weight excluding hydrogens is 294 g/mol. The first-order chi connectivity index (χ1) is 11.1. The van der Waals surface area contributed by atoms with Crippen molar-refractivity contribution in [1.29, 1.82) is 0 Å². The Bertz CT molecular complexity index is 681. The number of aromatic nitrogens is 4. The third kappa shape index (κ3) is 4.06. The van der Waals surface area contributed by atoms with Gasteiger partial charge in [0, 0.05) is 18.4 Å². The molecule has 2 aromatic rings. The summed E-state index contributed by atoms with van der Waals surface area (Å²) in [6.07, 6.45) is 3.53. The Labute approximate surface area is 136 Å². The van der Waals surface area contributed by atoms with E-state index in [2.05, 4.69) is 27.3 Å². The molecule has 0 bridgehead atoms. The van der Waals surface area contributed by atoms with Gasteiger partial charge >= 0.3 is 5.97 Å². The van der Waals surface area contributed by atoms with Gasteiger partial charge in [-0.25, -0.2) is 14.5 Å². The molecule has 2 heterocycles. The number of anilines is 1. The second kappa shape index (κ2) is 7.71. The number of carbonyl (C=O) groups is 1. The van der Waals surface area contributed by atoms with Crippen LogP contribution in [0, 0.1) is 13.8 Å². The summed E-state index contributed by atoms with van der Waals surface area (Å²) in [6, 6.07) is 1.95. The third-order valence-corrected chi connectivity index (χ3v) is 3.29.